The molecule has 0 amide bonds. The molecule has 2 N–H and O–H groups in total. The quantitative estimate of drug-likeness (QED) is 0.819. The Labute approximate surface area is 101 Å². The molecule has 1 fully saturated rings. The number of hydrogen-bond donors (Lipinski definition) is 1. The predicted molar refractivity (Wildman–Crippen MR) is 67.6 cm³/mol. The molecule has 86 valence electrons. The van der Waals surface area contributed by atoms with E-state index in [1.165, 1.54) is 19.3 Å². The van der Waals surface area contributed by atoms with Crippen LogP contribution in [0.4, 0.5) is 0 Å². The molecule has 1 saturated carbocycles. The first-order valence-electron chi connectivity index (χ1n) is 5.69. The van der Waals surface area contributed by atoms with E-state index in [-0.39, 0.29) is 6.10 Å². The lowest BCUT2D eigenvalue weighted by Crippen LogP contribution is -2.22. The van der Waals surface area contributed by atoms with Gasteiger partial charge in [-0.15, -0.1) is 0 Å². The summed E-state index contributed by atoms with van der Waals surface area (Å²) in [5, 5.41) is 0. The number of thiocarbonyl (C=S) groups is 1. The second-order valence-corrected chi connectivity index (χ2v) is 4.54. The third-order valence-electron chi connectivity index (χ3n) is 2.87. The lowest BCUT2D eigenvalue weighted by molar-refractivity contribution is 0.148. The van der Waals surface area contributed by atoms with Crippen molar-refractivity contribution in [3.8, 4) is 5.88 Å². The fourth-order valence-electron chi connectivity index (χ4n) is 2.01. The monoisotopic (exact) mass is 236 g/mol. The first-order valence-corrected chi connectivity index (χ1v) is 6.09. The van der Waals surface area contributed by atoms with E-state index in [1.54, 1.807) is 6.20 Å². The standard InChI is InChI=1S/C12H16N2OS/c13-11(16)10-7-4-8-14-12(10)15-9-5-2-1-3-6-9/h4,7-9H,1-3,5-6H2,(H2,13,16). The Balaban J connectivity index is 2.10. The van der Waals surface area contributed by atoms with Crippen molar-refractivity contribution in [2.75, 3.05) is 0 Å². The summed E-state index contributed by atoms with van der Waals surface area (Å²) in [5.41, 5.74) is 6.37. The maximum atomic E-state index is 5.87. The summed E-state index contributed by atoms with van der Waals surface area (Å²) in [7, 11) is 0. The second kappa shape index (κ2) is 5.25. The fraction of sp³-hybridized carbons (Fsp3) is 0.500. The molecule has 0 radical (unpaired) electrons. The van der Waals surface area contributed by atoms with Gasteiger partial charge in [-0.05, 0) is 37.8 Å². The van der Waals surface area contributed by atoms with Crippen molar-refractivity contribution in [3.63, 3.8) is 0 Å². The van der Waals surface area contributed by atoms with Gasteiger partial charge in [-0.1, -0.05) is 18.6 Å². The summed E-state index contributed by atoms with van der Waals surface area (Å²) in [5.74, 6) is 0.585. The molecule has 0 bridgehead atoms. The maximum Gasteiger partial charge on any atom is 0.223 e. The van der Waals surface area contributed by atoms with Crippen LogP contribution < -0.4 is 10.5 Å². The van der Waals surface area contributed by atoms with Crippen molar-refractivity contribution >= 4 is 17.2 Å². The van der Waals surface area contributed by atoms with Crippen molar-refractivity contribution in [2.45, 2.75) is 38.2 Å². The normalized spacial score (nSPS) is 17.0. The highest BCUT2D eigenvalue weighted by Gasteiger charge is 2.17. The predicted octanol–water partition coefficient (Wildman–Crippen LogP) is 2.43. The SMILES string of the molecule is NC(=S)c1cccnc1OC1CCCCC1. The van der Waals surface area contributed by atoms with Gasteiger partial charge >= 0.3 is 0 Å². The van der Waals surface area contributed by atoms with E-state index in [4.69, 9.17) is 22.7 Å². The number of pyridine rings is 1. The molecule has 1 aliphatic rings. The lowest BCUT2D eigenvalue weighted by atomic mass is 9.98. The topological polar surface area (TPSA) is 48.1 Å². The van der Waals surface area contributed by atoms with Crippen LogP contribution in [0, 0.1) is 0 Å². The Kier molecular flexibility index (Phi) is 3.72. The lowest BCUT2D eigenvalue weighted by Gasteiger charge is -2.23. The number of nitrogens with two attached hydrogens (primary N) is 1. The Bertz CT molecular complexity index is 375. The Morgan fingerprint density at radius 1 is 1.38 bits per heavy atom. The number of ether oxygens (including phenoxy) is 1. The third kappa shape index (κ3) is 2.70. The van der Waals surface area contributed by atoms with Crippen molar-refractivity contribution in [3.05, 3.63) is 23.9 Å². The molecule has 16 heavy (non-hydrogen) atoms. The van der Waals surface area contributed by atoms with Gasteiger partial charge in [0.2, 0.25) is 5.88 Å². The fourth-order valence-corrected chi connectivity index (χ4v) is 2.17. The number of hydrogen-bond acceptors (Lipinski definition) is 3. The first-order chi connectivity index (χ1) is 7.77. The zero-order valence-corrected chi connectivity index (χ0v) is 10.0. The van der Waals surface area contributed by atoms with Crippen LogP contribution in [-0.2, 0) is 0 Å². The van der Waals surface area contributed by atoms with Crippen molar-refractivity contribution in [1.82, 2.24) is 4.98 Å². The van der Waals surface area contributed by atoms with Crippen molar-refractivity contribution < 1.29 is 4.74 Å². The second-order valence-electron chi connectivity index (χ2n) is 4.10. The summed E-state index contributed by atoms with van der Waals surface area (Å²) < 4.78 is 5.87. The largest absolute Gasteiger partial charge is 0.474 e. The van der Waals surface area contributed by atoms with E-state index in [1.807, 2.05) is 12.1 Å². The van der Waals surface area contributed by atoms with E-state index >= 15 is 0 Å². The van der Waals surface area contributed by atoms with E-state index in [0.29, 0.717) is 10.9 Å². The van der Waals surface area contributed by atoms with E-state index in [2.05, 4.69) is 4.98 Å². The zero-order valence-electron chi connectivity index (χ0n) is 9.19. The van der Waals surface area contributed by atoms with Gasteiger partial charge in [-0.25, -0.2) is 4.98 Å². The maximum absolute atomic E-state index is 5.87. The smallest absolute Gasteiger partial charge is 0.223 e. The van der Waals surface area contributed by atoms with Gasteiger partial charge in [-0.2, -0.15) is 0 Å². The molecule has 3 nitrogen and oxygen atoms in total. The van der Waals surface area contributed by atoms with Crippen LogP contribution in [0.15, 0.2) is 18.3 Å². The minimum absolute atomic E-state index is 0.275. The summed E-state index contributed by atoms with van der Waals surface area (Å²) in [6, 6.07) is 3.68. The minimum atomic E-state index is 0.275. The Morgan fingerprint density at radius 3 is 2.81 bits per heavy atom. The number of rotatable bonds is 3. The molecule has 1 aromatic heterocycles. The summed E-state index contributed by atoms with van der Waals surface area (Å²) >= 11 is 4.98. The third-order valence-corrected chi connectivity index (χ3v) is 3.09. The van der Waals surface area contributed by atoms with Gasteiger partial charge in [0.15, 0.2) is 0 Å². The van der Waals surface area contributed by atoms with Gasteiger partial charge in [0.1, 0.15) is 11.1 Å². The highest BCUT2D eigenvalue weighted by molar-refractivity contribution is 7.80. The van der Waals surface area contributed by atoms with E-state index in [9.17, 15) is 0 Å². The van der Waals surface area contributed by atoms with Crippen LogP contribution in [0.25, 0.3) is 0 Å². The van der Waals surface area contributed by atoms with Gasteiger partial charge in [0.25, 0.3) is 0 Å². The summed E-state index contributed by atoms with van der Waals surface area (Å²) in [6.07, 6.45) is 7.97. The molecule has 0 spiro atoms. The minimum Gasteiger partial charge on any atom is -0.474 e. The molecule has 1 aromatic rings. The molecule has 4 heteroatoms. The molecular formula is C12H16N2OS. The van der Waals surface area contributed by atoms with Crippen LogP contribution in [0.5, 0.6) is 5.88 Å². The molecule has 0 saturated heterocycles. The average Bonchev–Trinajstić information content (AvgIpc) is 2.31. The molecule has 0 atom stereocenters. The molecular weight excluding hydrogens is 220 g/mol. The van der Waals surface area contributed by atoms with Crippen LogP contribution in [0.1, 0.15) is 37.7 Å². The van der Waals surface area contributed by atoms with Crippen LogP contribution in [0.3, 0.4) is 0 Å². The average molecular weight is 236 g/mol. The van der Waals surface area contributed by atoms with Crippen LogP contribution >= 0.6 is 12.2 Å². The summed E-state index contributed by atoms with van der Waals surface area (Å²) in [6.45, 7) is 0. The highest BCUT2D eigenvalue weighted by atomic mass is 32.1. The van der Waals surface area contributed by atoms with Gasteiger partial charge < -0.3 is 10.5 Å². The zero-order chi connectivity index (χ0) is 11.4. The molecule has 0 aromatic carbocycles. The molecule has 0 aliphatic heterocycles. The molecule has 2 rings (SSSR count). The Hall–Kier alpha value is -1.16. The van der Waals surface area contributed by atoms with E-state index < -0.39 is 0 Å². The Morgan fingerprint density at radius 2 is 2.12 bits per heavy atom. The van der Waals surface area contributed by atoms with Gasteiger partial charge in [0, 0.05) is 6.20 Å². The highest BCUT2D eigenvalue weighted by Crippen LogP contribution is 2.24. The number of nitrogens with zero attached hydrogens (tertiary/aromatic N) is 1. The van der Waals surface area contributed by atoms with Crippen LogP contribution in [0.2, 0.25) is 0 Å². The van der Waals surface area contributed by atoms with Crippen LogP contribution in [-0.4, -0.2) is 16.1 Å². The van der Waals surface area contributed by atoms with Crippen molar-refractivity contribution in [2.24, 2.45) is 5.73 Å². The number of aromatic nitrogens is 1. The molecule has 1 heterocycles. The van der Waals surface area contributed by atoms with Gasteiger partial charge in [-0.3, -0.25) is 0 Å². The summed E-state index contributed by atoms with van der Waals surface area (Å²) in [4.78, 5) is 4.55. The first kappa shape index (κ1) is 11.3. The van der Waals surface area contributed by atoms with E-state index in [0.717, 1.165) is 18.4 Å². The molecule has 0 unspecified atom stereocenters. The molecule has 1 aliphatic carbocycles. The van der Waals surface area contributed by atoms with Gasteiger partial charge in [0.05, 0.1) is 5.56 Å². The van der Waals surface area contributed by atoms with Crippen molar-refractivity contribution in [1.29, 1.82) is 0 Å².